The number of nitrogens with one attached hydrogen (secondary N) is 1. The van der Waals surface area contributed by atoms with Gasteiger partial charge in [0.25, 0.3) is 0 Å². The van der Waals surface area contributed by atoms with Crippen LogP contribution < -0.4 is 0 Å². The van der Waals surface area contributed by atoms with Gasteiger partial charge in [0.2, 0.25) is 5.88 Å². The van der Waals surface area contributed by atoms with E-state index in [-0.39, 0.29) is 18.1 Å². The number of carbonyl (C=O) groups excluding carboxylic acids is 1. The van der Waals surface area contributed by atoms with E-state index < -0.39 is 0 Å². The normalized spacial score (nSPS) is 10.8. The van der Waals surface area contributed by atoms with Gasteiger partial charge >= 0.3 is 0 Å². The van der Waals surface area contributed by atoms with Gasteiger partial charge in [-0.15, -0.1) is 0 Å². The SMILES string of the molecule is O=C(Cc1ccccc1)c1c(O)[nH]c2ccc(Cl)cc12. The monoisotopic (exact) mass is 285 g/mol. The third-order valence-corrected chi connectivity index (χ3v) is 3.46. The van der Waals surface area contributed by atoms with Crippen molar-refractivity contribution in [2.45, 2.75) is 6.42 Å². The molecule has 20 heavy (non-hydrogen) atoms. The summed E-state index contributed by atoms with van der Waals surface area (Å²) >= 11 is 5.96. The van der Waals surface area contributed by atoms with Crippen LogP contribution in [0.15, 0.2) is 48.5 Å². The molecular weight excluding hydrogens is 274 g/mol. The van der Waals surface area contributed by atoms with Crippen molar-refractivity contribution in [1.29, 1.82) is 0 Å². The molecule has 0 saturated carbocycles. The fourth-order valence-corrected chi connectivity index (χ4v) is 2.47. The van der Waals surface area contributed by atoms with E-state index in [2.05, 4.69) is 4.98 Å². The van der Waals surface area contributed by atoms with Crippen LogP contribution in [0, 0.1) is 0 Å². The third kappa shape index (κ3) is 2.28. The minimum absolute atomic E-state index is 0.108. The molecule has 1 heterocycles. The van der Waals surface area contributed by atoms with Crippen LogP contribution in [0.1, 0.15) is 15.9 Å². The van der Waals surface area contributed by atoms with Crippen LogP contribution >= 0.6 is 11.6 Å². The second kappa shape index (κ2) is 5.02. The first-order valence-electron chi connectivity index (χ1n) is 6.22. The van der Waals surface area contributed by atoms with Crippen molar-refractivity contribution in [2.75, 3.05) is 0 Å². The average Bonchev–Trinajstić information content (AvgIpc) is 2.75. The highest BCUT2D eigenvalue weighted by Gasteiger charge is 2.18. The molecule has 1 aromatic heterocycles. The minimum Gasteiger partial charge on any atom is -0.494 e. The van der Waals surface area contributed by atoms with E-state index in [0.717, 1.165) is 5.56 Å². The van der Waals surface area contributed by atoms with Crippen molar-refractivity contribution in [1.82, 2.24) is 4.98 Å². The highest BCUT2D eigenvalue weighted by molar-refractivity contribution is 6.31. The van der Waals surface area contributed by atoms with Gasteiger partial charge in [-0.2, -0.15) is 0 Å². The van der Waals surface area contributed by atoms with E-state index in [4.69, 9.17) is 11.6 Å². The Morgan fingerprint density at radius 3 is 2.65 bits per heavy atom. The number of carbonyl (C=O) groups is 1. The summed E-state index contributed by atoms with van der Waals surface area (Å²) in [4.78, 5) is 15.2. The van der Waals surface area contributed by atoms with Crippen LogP contribution in [-0.4, -0.2) is 15.9 Å². The Morgan fingerprint density at radius 2 is 1.90 bits per heavy atom. The minimum atomic E-state index is -0.137. The van der Waals surface area contributed by atoms with Crippen LogP contribution in [0.3, 0.4) is 0 Å². The maximum absolute atomic E-state index is 12.4. The Balaban J connectivity index is 2.03. The van der Waals surface area contributed by atoms with Crippen molar-refractivity contribution in [2.24, 2.45) is 0 Å². The van der Waals surface area contributed by atoms with Crippen LogP contribution in [0.5, 0.6) is 5.88 Å². The van der Waals surface area contributed by atoms with Crippen LogP contribution in [0.25, 0.3) is 10.9 Å². The van der Waals surface area contributed by atoms with Gasteiger partial charge in [0.05, 0.1) is 5.56 Å². The Bertz CT molecular complexity index is 778. The van der Waals surface area contributed by atoms with Gasteiger partial charge in [0, 0.05) is 22.3 Å². The lowest BCUT2D eigenvalue weighted by Gasteiger charge is -2.01. The second-order valence-corrected chi connectivity index (χ2v) is 5.06. The molecule has 2 N–H and O–H groups in total. The number of hydrogen-bond donors (Lipinski definition) is 2. The second-order valence-electron chi connectivity index (χ2n) is 4.62. The number of aromatic nitrogens is 1. The molecule has 0 fully saturated rings. The first kappa shape index (κ1) is 12.8. The topological polar surface area (TPSA) is 53.1 Å². The third-order valence-electron chi connectivity index (χ3n) is 3.23. The highest BCUT2D eigenvalue weighted by atomic mass is 35.5. The number of benzene rings is 2. The summed E-state index contributed by atoms with van der Waals surface area (Å²) in [5.74, 6) is -0.245. The Labute approximate surface area is 120 Å². The van der Waals surface area contributed by atoms with Crippen molar-refractivity contribution in [3.05, 3.63) is 64.7 Å². The molecule has 2 aromatic carbocycles. The quantitative estimate of drug-likeness (QED) is 0.716. The molecule has 0 aliphatic rings. The predicted molar refractivity (Wildman–Crippen MR) is 79.5 cm³/mol. The largest absolute Gasteiger partial charge is 0.494 e. The summed E-state index contributed by atoms with van der Waals surface area (Å²) in [6.45, 7) is 0. The smallest absolute Gasteiger partial charge is 0.200 e. The fraction of sp³-hybridized carbons (Fsp3) is 0.0625. The molecule has 0 unspecified atom stereocenters. The van der Waals surface area contributed by atoms with Gasteiger partial charge in [-0.25, -0.2) is 0 Å². The molecular formula is C16H12ClNO2. The van der Waals surface area contributed by atoms with Gasteiger partial charge in [0.15, 0.2) is 5.78 Å². The summed E-state index contributed by atoms with van der Waals surface area (Å²) < 4.78 is 0. The first-order valence-corrected chi connectivity index (χ1v) is 6.60. The molecule has 3 aromatic rings. The maximum Gasteiger partial charge on any atom is 0.200 e. The number of hydrogen-bond acceptors (Lipinski definition) is 2. The molecule has 3 rings (SSSR count). The number of fused-ring (bicyclic) bond motifs is 1. The molecule has 0 aliphatic heterocycles. The van der Waals surface area contributed by atoms with Crippen LogP contribution in [-0.2, 0) is 6.42 Å². The summed E-state index contributed by atoms with van der Waals surface area (Å²) in [7, 11) is 0. The van der Waals surface area contributed by atoms with Gasteiger partial charge in [0.1, 0.15) is 0 Å². The zero-order chi connectivity index (χ0) is 14.1. The van der Waals surface area contributed by atoms with Crippen molar-refractivity contribution in [3.63, 3.8) is 0 Å². The molecule has 4 heteroatoms. The Hall–Kier alpha value is -2.26. The van der Waals surface area contributed by atoms with E-state index in [0.29, 0.717) is 21.5 Å². The Kier molecular flexibility index (Phi) is 3.20. The Morgan fingerprint density at radius 1 is 1.15 bits per heavy atom. The summed E-state index contributed by atoms with van der Waals surface area (Å²) in [5, 5.41) is 11.1. The van der Waals surface area contributed by atoms with E-state index in [1.165, 1.54) is 0 Å². The molecule has 0 atom stereocenters. The molecule has 100 valence electrons. The lowest BCUT2D eigenvalue weighted by Crippen LogP contribution is -2.03. The zero-order valence-corrected chi connectivity index (χ0v) is 11.3. The molecule has 3 nitrogen and oxygen atoms in total. The zero-order valence-electron chi connectivity index (χ0n) is 10.6. The number of ketones is 1. The number of H-pyrrole nitrogens is 1. The van der Waals surface area contributed by atoms with E-state index in [9.17, 15) is 9.90 Å². The number of aromatic amines is 1. The first-order chi connectivity index (χ1) is 9.65. The standard InChI is InChI=1S/C16H12ClNO2/c17-11-6-7-13-12(9-11)15(16(20)18-13)14(19)8-10-4-2-1-3-5-10/h1-7,9,18,20H,8H2. The predicted octanol–water partition coefficient (Wildman–Crippen LogP) is 3.95. The fourth-order valence-electron chi connectivity index (χ4n) is 2.30. The van der Waals surface area contributed by atoms with E-state index in [1.807, 2.05) is 30.3 Å². The molecule has 0 bridgehead atoms. The van der Waals surface area contributed by atoms with E-state index >= 15 is 0 Å². The van der Waals surface area contributed by atoms with Crippen molar-refractivity contribution < 1.29 is 9.90 Å². The number of Topliss-reactive ketones (excluding diaryl/α,β-unsaturated/α-hetero) is 1. The average molecular weight is 286 g/mol. The van der Waals surface area contributed by atoms with Gasteiger partial charge in [-0.05, 0) is 23.8 Å². The summed E-state index contributed by atoms with van der Waals surface area (Å²) in [6.07, 6.45) is 0.244. The maximum atomic E-state index is 12.4. The van der Waals surface area contributed by atoms with Crippen LogP contribution in [0.2, 0.25) is 5.02 Å². The van der Waals surface area contributed by atoms with Crippen molar-refractivity contribution >= 4 is 28.3 Å². The number of halogens is 1. The summed E-state index contributed by atoms with van der Waals surface area (Å²) in [6, 6.07) is 14.6. The number of aromatic hydroxyl groups is 1. The molecule has 0 spiro atoms. The molecule has 0 saturated heterocycles. The van der Waals surface area contributed by atoms with E-state index in [1.54, 1.807) is 18.2 Å². The van der Waals surface area contributed by atoms with Gasteiger partial charge in [-0.1, -0.05) is 41.9 Å². The lowest BCUT2D eigenvalue weighted by molar-refractivity contribution is 0.0992. The van der Waals surface area contributed by atoms with Crippen LogP contribution in [0.4, 0.5) is 0 Å². The molecule has 0 aliphatic carbocycles. The van der Waals surface area contributed by atoms with Gasteiger partial charge in [-0.3, -0.25) is 4.79 Å². The van der Waals surface area contributed by atoms with Gasteiger partial charge < -0.3 is 10.1 Å². The molecule has 0 radical (unpaired) electrons. The highest BCUT2D eigenvalue weighted by Crippen LogP contribution is 2.30. The number of rotatable bonds is 3. The lowest BCUT2D eigenvalue weighted by atomic mass is 10.0. The summed E-state index contributed by atoms with van der Waals surface area (Å²) in [5.41, 5.74) is 1.91. The van der Waals surface area contributed by atoms with Crippen molar-refractivity contribution in [3.8, 4) is 5.88 Å². The molecule has 0 amide bonds.